The number of halogens is 2. The molecule has 1 rings (SSSR count). The molecule has 2 atom stereocenters. The van der Waals surface area contributed by atoms with Crippen molar-refractivity contribution >= 4 is 15.9 Å². The first-order valence-electron chi connectivity index (χ1n) is 6.14. The molecule has 0 amide bonds. The van der Waals surface area contributed by atoms with Gasteiger partial charge in [0.1, 0.15) is 5.82 Å². The number of nitrogens with one attached hydrogen (secondary N) is 1. The molecular formula is C13H20BrFN2O. The Morgan fingerprint density at radius 2 is 2.22 bits per heavy atom. The first kappa shape index (κ1) is 15.6. The number of rotatable bonds is 7. The van der Waals surface area contributed by atoms with Crippen LogP contribution in [0, 0.1) is 5.82 Å². The van der Waals surface area contributed by atoms with E-state index in [1.807, 2.05) is 0 Å². The van der Waals surface area contributed by atoms with E-state index in [9.17, 15) is 4.39 Å². The van der Waals surface area contributed by atoms with E-state index in [-0.39, 0.29) is 24.5 Å². The monoisotopic (exact) mass is 318 g/mol. The van der Waals surface area contributed by atoms with Gasteiger partial charge in [0.2, 0.25) is 0 Å². The molecule has 4 N–H and O–H groups in total. The lowest BCUT2D eigenvalue weighted by atomic mass is 10.0. The molecule has 0 radical (unpaired) electrons. The molecule has 1 aromatic rings. The van der Waals surface area contributed by atoms with Gasteiger partial charge in [0, 0.05) is 25.2 Å². The summed E-state index contributed by atoms with van der Waals surface area (Å²) in [5, 5.41) is 12.4. The average Bonchev–Trinajstić information content (AvgIpc) is 2.38. The normalized spacial score (nSPS) is 14.5. The predicted molar refractivity (Wildman–Crippen MR) is 74.8 cm³/mol. The van der Waals surface area contributed by atoms with Crippen LogP contribution in [0.1, 0.15) is 31.4 Å². The van der Waals surface area contributed by atoms with Crippen LogP contribution in [0.4, 0.5) is 4.39 Å². The minimum absolute atomic E-state index is 0.0293. The van der Waals surface area contributed by atoms with Crippen LogP contribution in [0.25, 0.3) is 0 Å². The molecule has 0 saturated heterocycles. The van der Waals surface area contributed by atoms with Gasteiger partial charge in [-0.3, -0.25) is 0 Å². The van der Waals surface area contributed by atoms with E-state index in [1.165, 1.54) is 6.07 Å². The van der Waals surface area contributed by atoms with Gasteiger partial charge < -0.3 is 16.2 Å². The summed E-state index contributed by atoms with van der Waals surface area (Å²) in [4.78, 5) is 0. The molecule has 0 aliphatic heterocycles. The minimum atomic E-state index is -0.281. The highest BCUT2D eigenvalue weighted by Crippen LogP contribution is 2.21. The maximum Gasteiger partial charge on any atom is 0.137 e. The second-order valence-electron chi connectivity index (χ2n) is 4.25. The highest BCUT2D eigenvalue weighted by molar-refractivity contribution is 9.10. The number of aliphatic hydroxyl groups is 1. The quantitative estimate of drug-likeness (QED) is 0.723. The highest BCUT2D eigenvalue weighted by atomic mass is 79.9. The smallest absolute Gasteiger partial charge is 0.137 e. The molecular weight excluding hydrogens is 299 g/mol. The fraction of sp³-hybridized carbons (Fsp3) is 0.538. The first-order chi connectivity index (χ1) is 8.62. The molecule has 0 bridgehead atoms. The van der Waals surface area contributed by atoms with Crippen molar-refractivity contribution in [2.45, 2.75) is 31.8 Å². The first-order valence-corrected chi connectivity index (χ1v) is 6.93. The Balaban J connectivity index is 2.78. The van der Waals surface area contributed by atoms with E-state index in [4.69, 9.17) is 10.8 Å². The van der Waals surface area contributed by atoms with E-state index >= 15 is 0 Å². The maximum atomic E-state index is 13.2. The van der Waals surface area contributed by atoms with Crippen LogP contribution in [0.2, 0.25) is 0 Å². The van der Waals surface area contributed by atoms with Gasteiger partial charge in [-0.15, -0.1) is 0 Å². The van der Waals surface area contributed by atoms with Gasteiger partial charge in [-0.1, -0.05) is 13.0 Å². The molecule has 1 aromatic carbocycles. The standard InChI is InChI=1S/C13H20BrFN2O/c1-2-10(5-6-18)17-13(8-16)9-3-4-12(15)11(14)7-9/h3-4,7,10,13,17-18H,2,5-6,8,16H2,1H3. The zero-order chi connectivity index (χ0) is 13.5. The second-order valence-corrected chi connectivity index (χ2v) is 5.10. The summed E-state index contributed by atoms with van der Waals surface area (Å²) in [5.74, 6) is -0.281. The number of nitrogens with two attached hydrogens (primary N) is 1. The average molecular weight is 319 g/mol. The van der Waals surface area contributed by atoms with Crippen molar-refractivity contribution in [2.75, 3.05) is 13.2 Å². The van der Waals surface area contributed by atoms with Crippen molar-refractivity contribution in [2.24, 2.45) is 5.73 Å². The summed E-state index contributed by atoms with van der Waals surface area (Å²) >= 11 is 3.17. The third-order valence-corrected chi connectivity index (χ3v) is 3.60. The summed E-state index contributed by atoms with van der Waals surface area (Å²) in [5.41, 5.74) is 6.70. The number of benzene rings is 1. The molecule has 18 heavy (non-hydrogen) atoms. The Kier molecular flexibility index (Phi) is 6.78. The highest BCUT2D eigenvalue weighted by Gasteiger charge is 2.15. The zero-order valence-electron chi connectivity index (χ0n) is 10.5. The van der Waals surface area contributed by atoms with Crippen LogP contribution < -0.4 is 11.1 Å². The van der Waals surface area contributed by atoms with E-state index in [0.717, 1.165) is 12.0 Å². The lowest BCUT2D eigenvalue weighted by molar-refractivity contribution is 0.256. The van der Waals surface area contributed by atoms with Crippen molar-refractivity contribution in [3.8, 4) is 0 Å². The van der Waals surface area contributed by atoms with E-state index in [1.54, 1.807) is 12.1 Å². The summed E-state index contributed by atoms with van der Waals surface area (Å²) in [7, 11) is 0. The Morgan fingerprint density at radius 3 is 2.72 bits per heavy atom. The zero-order valence-corrected chi connectivity index (χ0v) is 12.1. The summed E-state index contributed by atoms with van der Waals surface area (Å²) in [6, 6.07) is 5.09. The summed E-state index contributed by atoms with van der Waals surface area (Å²) in [6.45, 7) is 2.64. The third kappa shape index (κ3) is 4.31. The second kappa shape index (κ2) is 7.84. The van der Waals surface area contributed by atoms with Gasteiger partial charge >= 0.3 is 0 Å². The molecule has 0 heterocycles. The van der Waals surface area contributed by atoms with Crippen molar-refractivity contribution in [1.29, 1.82) is 0 Å². The molecule has 2 unspecified atom stereocenters. The molecule has 5 heteroatoms. The van der Waals surface area contributed by atoms with Gasteiger partial charge in [-0.2, -0.15) is 0 Å². The molecule has 0 aliphatic carbocycles. The number of hydrogen-bond acceptors (Lipinski definition) is 3. The van der Waals surface area contributed by atoms with Gasteiger partial charge in [0.05, 0.1) is 4.47 Å². The molecule has 102 valence electrons. The minimum Gasteiger partial charge on any atom is -0.396 e. The van der Waals surface area contributed by atoms with Crippen molar-refractivity contribution < 1.29 is 9.50 Å². The molecule has 0 spiro atoms. The molecule has 0 aliphatic rings. The van der Waals surface area contributed by atoms with E-state index < -0.39 is 0 Å². The van der Waals surface area contributed by atoms with Crippen LogP contribution in [0.15, 0.2) is 22.7 Å². The van der Waals surface area contributed by atoms with Crippen LogP contribution >= 0.6 is 15.9 Å². The number of hydrogen-bond donors (Lipinski definition) is 3. The molecule has 0 saturated carbocycles. The van der Waals surface area contributed by atoms with Crippen LogP contribution in [-0.2, 0) is 0 Å². The fourth-order valence-corrected chi connectivity index (χ4v) is 2.27. The Hall–Kier alpha value is -0.490. The third-order valence-electron chi connectivity index (χ3n) is 2.99. The molecule has 3 nitrogen and oxygen atoms in total. The van der Waals surface area contributed by atoms with Crippen LogP contribution in [0.3, 0.4) is 0 Å². The van der Waals surface area contributed by atoms with Crippen molar-refractivity contribution in [3.05, 3.63) is 34.1 Å². The van der Waals surface area contributed by atoms with Gasteiger partial charge in [-0.25, -0.2) is 4.39 Å². The number of aliphatic hydroxyl groups excluding tert-OH is 1. The maximum absolute atomic E-state index is 13.2. The lowest BCUT2D eigenvalue weighted by Crippen LogP contribution is -2.37. The van der Waals surface area contributed by atoms with E-state index in [0.29, 0.717) is 17.4 Å². The predicted octanol–water partition coefficient (Wildman–Crippen LogP) is 2.34. The van der Waals surface area contributed by atoms with E-state index in [2.05, 4.69) is 28.2 Å². The van der Waals surface area contributed by atoms with Crippen LogP contribution in [-0.4, -0.2) is 24.3 Å². The van der Waals surface area contributed by atoms with Gasteiger partial charge in [0.25, 0.3) is 0 Å². The largest absolute Gasteiger partial charge is 0.396 e. The van der Waals surface area contributed by atoms with Crippen molar-refractivity contribution in [3.63, 3.8) is 0 Å². The fourth-order valence-electron chi connectivity index (χ4n) is 1.88. The Morgan fingerprint density at radius 1 is 1.50 bits per heavy atom. The SMILES string of the molecule is CCC(CCO)NC(CN)c1ccc(F)c(Br)c1. The van der Waals surface area contributed by atoms with Gasteiger partial charge in [-0.05, 0) is 46.5 Å². The summed E-state index contributed by atoms with van der Waals surface area (Å²) in [6.07, 6.45) is 1.61. The van der Waals surface area contributed by atoms with Crippen molar-refractivity contribution in [1.82, 2.24) is 5.32 Å². The Bertz CT molecular complexity index is 376. The topological polar surface area (TPSA) is 58.3 Å². The van der Waals surface area contributed by atoms with Gasteiger partial charge in [0.15, 0.2) is 0 Å². The summed E-state index contributed by atoms with van der Waals surface area (Å²) < 4.78 is 13.6. The molecule has 0 fully saturated rings. The lowest BCUT2D eigenvalue weighted by Gasteiger charge is -2.24. The van der Waals surface area contributed by atoms with Crippen LogP contribution in [0.5, 0.6) is 0 Å². The molecule has 0 aromatic heterocycles. The Labute approximate surface area is 116 Å².